The number of nitrogens with zero attached hydrogens (tertiary/aromatic N) is 4. The Morgan fingerprint density at radius 2 is 2.00 bits per heavy atom. The molecule has 6 nitrogen and oxygen atoms in total. The molecule has 0 spiro atoms. The highest BCUT2D eigenvalue weighted by atomic mass is 16.5. The molecular weight excluding hydrogens is 400 g/mol. The monoisotopic (exact) mass is 428 g/mol. The Labute approximate surface area is 187 Å². The maximum absolute atomic E-state index is 13.6. The molecule has 3 aromatic rings. The smallest absolute Gasteiger partial charge is 0.227 e. The van der Waals surface area contributed by atoms with E-state index in [9.17, 15) is 4.79 Å². The number of carbonyl (C=O) groups excluding carboxylic acids is 1. The lowest BCUT2D eigenvalue weighted by atomic mass is 9.35. The second-order valence-electron chi connectivity index (χ2n) is 9.74. The summed E-state index contributed by atoms with van der Waals surface area (Å²) < 4.78 is 7.18. The number of hydrogen-bond acceptors (Lipinski definition) is 4. The number of methoxy groups -OCH3 is 1. The number of hydrogen-bond donors (Lipinski definition) is 0. The predicted molar refractivity (Wildman–Crippen MR) is 123 cm³/mol. The summed E-state index contributed by atoms with van der Waals surface area (Å²) in [7, 11) is 3.65. The molecule has 3 unspecified atom stereocenters. The van der Waals surface area contributed by atoms with Gasteiger partial charge in [-0.1, -0.05) is 11.1 Å². The molecule has 0 N–H and O–H groups in total. The molecule has 2 saturated carbocycles. The van der Waals surface area contributed by atoms with Crippen LogP contribution in [0.1, 0.15) is 36.7 Å². The molecule has 2 aromatic heterocycles. The van der Waals surface area contributed by atoms with Gasteiger partial charge in [0.15, 0.2) is 5.65 Å². The molecular formula is C26H28N4O2. The van der Waals surface area contributed by atoms with Crippen molar-refractivity contribution < 1.29 is 9.53 Å². The summed E-state index contributed by atoms with van der Waals surface area (Å²) in [5.74, 6) is 2.28. The van der Waals surface area contributed by atoms with Crippen molar-refractivity contribution in [3.63, 3.8) is 0 Å². The Morgan fingerprint density at radius 3 is 2.62 bits per heavy atom. The molecule has 0 aliphatic heterocycles. The van der Waals surface area contributed by atoms with Crippen LogP contribution in [0.15, 0.2) is 41.5 Å². The van der Waals surface area contributed by atoms with Crippen molar-refractivity contribution in [3.05, 3.63) is 58.4 Å². The molecule has 2 fully saturated rings. The Morgan fingerprint density at radius 1 is 1.25 bits per heavy atom. The number of aryl methyl sites for hydroxylation is 2. The number of aromatic nitrogens is 3. The van der Waals surface area contributed by atoms with Crippen molar-refractivity contribution in [2.24, 2.45) is 11.8 Å². The SMILES string of the molecule is COc1ccc(-c2nn3c(C)cc(C)nc3c2CC(=O)N(C)C23CC4=C(C)C(C2)C43)cc1. The third-order valence-corrected chi connectivity index (χ3v) is 8.21. The van der Waals surface area contributed by atoms with Gasteiger partial charge in [0.05, 0.1) is 24.8 Å². The van der Waals surface area contributed by atoms with Gasteiger partial charge in [-0.05, 0) is 69.9 Å². The van der Waals surface area contributed by atoms with Crippen LogP contribution < -0.4 is 4.74 Å². The zero-order chi connectivity index (χ0) is 22.4. The summed E-state index contributed by atoms with van der Waals surface area (Å²) in [4.78, 5) is 20.4. The lowest BCUT2D eigenvalue weighted by molar-refractivity contribution is -0.162. The van der Waals surface area contributed by atoms with Crippen molar-refractivity contribution in [1.29, 1.82) is 0 Å². The zero-order valence-electron chi connectivity index (χ0n) is 19.3. The van der Waals surface area contributed by atoms with Crippen LogP contribution in [0.5, 0.6) is 5.75 Å². The van der Waals surface area contributed by atoms with Crippen LogP contribution in [0, 0.1) is 25.7 Å². The summed E-state index contributed by atoms with van der Waals surface area (Å²) in [6, 6.07) is 9.87. The number of ether oxygens (including phenoxy) is 1. The second-order valence-corrected chi connectivity index (χ2v) is 9.74. The van der Waals surface area contributed by atoms with Gasteiger partial charge in [-0.15, -0.1) is 0 Å². The summed E-state index contributed by atoms with van der Waals surface area (Å²) >= 11 is 0. The van der Waals surface area contributed by atoms with E-state index in [1.165, 1.54) is 0 Å². The van der Waals surface area contributed by atoms with Crippen LogP contribution in [0.3, 0.4) is 0 Å². The Bertz CT molecular complexity index is 1320. The Kier molecular flexibility index (Phi) is 3.93. The zero-order valence-corrected chi connectivity index (χ0v) is 19.3. The van der Waals surface area contributed by atoms with E-state index in [0.717, 1.165) is 52.4 Å². The van der Waals surface area contributed by atoms with E-state index in [1.54, 1.807) is 18.3 Å². The van der Waals surface area contributed by atoms with Gasteiger partial charge in [0.25, 0.3) is 0 Å². The van der Waals surface area contributed by atoms with Gasteiger partial charge in [0, 0.05) is 35.5 Å². The molecule has 3 aliphatic carbocycles. The first-order chi connectivity index (χ1) is 15.3. The van der Waals surface area contributed by atoms with E-state index < -0.39 is 0 Å². The topological polar surface area (TPSA) is 59.7 Å². The number of amides is 1. The van der Waals surface area contributed by atoms with Crippen molar-refractivity contribution in [2.45, 2.75) is 45.6 Å². The third-order valence-electron chi connectivity index (χ3n) is 8.21. The van der Waals surface area contributed by atoms with Crippen LogP contribution in [0.2, 0.25) is 0 Å². The third kappa shape index (κ3) is 2.38. The highest BCUT2D eigenvalue weighted by molar-refractivity contribution is 5.86. The first kappa shape index (κ1) is 19.5. The average molecular weight is 429 g/mol. The molecule has 6 heteroatoms. The Balaban J connectivity index is 1.38. The van der Waals surface area contributed by atoms with Crippen LogP contribution in [-0.2, 0) is 11.2 Å². The maximum atomic E-state index is 13.6. The molecule has 0 bridgehead atoms. The molecule has 3 aliphatic rings. The average Bonchev–Trinajstić information content (AvgIpc) is 3.13. The molecule has 1 aromatic carbocycles. The second kappa shape index (κ2) is 6.44. The van der Waals surface area contributed by atoms with E-state index in [2.05, 4.69) is 6.92 Å². The van der Waals surface area contributed by atoms with Crippen molar-refractivity contribution in [2.75, 3.05) is 14.2 Å². The molecule has 3 atom stereocenters. The molecule has 6 rings (SSSR count). The first-order valence-corrected chi connectivity index (χ1v) is 11.3. The largest absolute Gasteiger partial charge is 0.497 e. The van der Waals surface area contributed by atoms with Gasteiger partial charge in [-0.3, -0.25) is 4.79 Å². The van der Waals surface area contributed by atoms with Crippen LogP contribution in [0.4, 0.5) is 0 Å². The van der Waals surface area contributed by atoms with E-state index >= 15 is 0 Å². The first-order valence-electron chi connectivity index (χ1n) is 11.3. The van der Waals surface area contributed by atoms with Gasteiger partial charge in [-0.2, -0.15) is 5.10 Å². The fourth-order valence-corrected chi connectivity index (χ4v) is 6.32. The minimum absolute atomic E-state index is 0.0547. The van der Waals surface area contributed by atoms with Gasteiger partial charge in [0.2, 0.25) is 5.91 Å². The summed E-state index contributed by atoms with van der Waals surface area (Å²) in [5.41, 5.74) is 8.61. The minimum Gasteiger partial charge on any atom is -0.497 e. The lowest BCUT2D eigenvalue weighted by Crippen LogP contribution is -2.76. The minimum atomic E-state index is 0.0547. The van der Waals surface area contributed by atoms with Gasteiger partial charge >= 0.3 is 0 Å². The number of carbonyl (C=O) groups is 1. The van der Waals surface area contributed by atoms with Gasteiger partial charge < -0.3 is 9.64 Å². The molecule has 0 radical (unpaired) electrons. The standard InChI is InChI=1S/C26H28N4O2/c1-14-10-15(2)30-25(27-14)19(24(28-30)17-6-8-18(32-5)9-7-17)11-22(31)29(4)26-12-20-16(3)21(13-26)23(20)26/h6-10,20,23H,11-13H2,1-5H3. The summed E-state index contributed by atoms with van der Waals surface area (Å²) in [5, 5.41) is 4.88. The quantitative estimate of drug-likeness (QED) is 0.574. The molecule has 2 heterocycles. The summed E-state index contributed by atoms with van der Waals surface area (Å²) in [6.45, 7) is 6.27. The predicted octanol–water partition coefficient (Wildman–Crippen LogP) is 4.13. The molecule has 0 saturated heterocycles. The molecule has 164 valence electrons. The molecule has 32 heavy (non-hydrogen) atoms. The highest BCUT2D eigenvalue weighted by Crippen LogP contribution is 2.73. The van der Waals surface area contributed by atoms with Gasteiger partial charge in [-0.25, -0.2) is 9.50 Å². The normalized spacial score (nSPS) is 25.0. The van der Waals surface area contributed by atoms with Crippen molar-refractivity contribution >= 4 is 11.6 Å². The van der Waals surface area contributed by atoms with Crippen molar-refractivity contribution in [3.8, 4) is 17.0 Å². The van der Waals surface area contributed by atoms with Crippen LogP contribution in [0.25, 0.3) is 16.9 Å². The van der Waals surface area contributed by atoms with Crippen LogP contribution >= 0.6 is 0 Å². The molecule has 1 amide bonds. The summed E-state index contributed by atoms with van der Waals surface area (Å²) in [6.07, 6.45) is 2.47. The number of rotatable bonds is 5. The lowest BCUT2D eigenvalue weighted by Gasteiger charge is -2.74. The highest BCUT2D eigenvalue weighted by Gasteiger charge is 2.71. The van der Waals surface area contributed by atoms with E-state index in [0.29, 0.717) is 18.3 Å². The van der Waals surface area contributed by atoms with Crippen molar-refractivity contribution in [1.82, 2.24) is 19.5 Å². The van der Waals surface area contributed by atoms with E-state index in [4.69, 9.17) is 14.8 Å². The number of fused-ring (bicyclic) bond motifs is 1. The number of likely N-dealkylation sites (N-methyl/N-ethyl adjacent to an activating group) is 1. The fourth-order valence-electron chi connectivity index (χ4n) is 6.32. The van der Waals surface area contributed by atoms with E-state index in [-0.39, 0.29) is 11.4 Å². The van der Waals surface area contributed by atoms with E-state index in [1.807, 2.05) is 60.6 Å². The van der Waals surface area contributed by atoms with Gasteiger partial charge in [0.1, 0.15) is 5.75 Å². The maximum Gasteiger partial charge on any atom is 0.227 e. The van der Waals surface area contributed by atoms with Crippen LogP contribution in [-0.4, -0.2) is 45.1 Å². The fraction of sp³-hybridized carbons (Fsp3) is 0.423. The Hall–Kier alpha value is -3.15. The number of allylic oxidation sites excluding steroid dienone is 1. The number of benzene rings is 1.